The maximum Gasteiger partial charge on any atom is 0.337 e. The van der Waals surface area contributed by atoms with Gasteiger partial charge in [0.15, 0.2) is 0 Å². The van der Waals surface area contributed by atoms with Crippen LogP contribution in [0.2, 0.25) is 0 Å². The predicted molar refractivity (Wildman–Crippen MR) is 209 cm³/mol. The first kappa shape index (κ1) is 52.6. The second kappa shape index (κ2) is 34.4. The molecule has 0 fully saturated rings. The van der Waals surface area contributed by atoms with E-state index < -0.39 is 16.4 Å². The molecule has 0 unspecified atom stereocenters. The summed E-state index contributed by atoms with van der Waals surface area (Å²) in [5.74, 6) is -0.381. The van der Waals surface area contributed by atoms with Gasteiger partial charge in [-0.05, 0) is 69.6 Å². The number of methoxy groups -OCH3 is 1. The number of carbonyl (C=O) groups is 1. The third-order valence-corrected chi connectivity index (χ3v) is 9.16. The average molecular weight is 733 g/mol. The SMILES string of the molecule is CCCC[N+](CCCC)(CCCC)CCCC.CCCC[N+](CCCC)(CCCC)CCCC.COC(=O)c1cccc(O)c1.O=S(=O)([O-])[O-]. The van der Waals surface area contributed by atoms with Gasteiger partial charge in [0.2, 0.25) is 0 Å². The van der Waals surface area contributed by atoms with Gasteiger partial charge < -0.3 is 27.9 Å². The molecule has 0 amide bonds. The minimum atomic E-state index is -5.17. The van der Waals surface area contributed by atoms with Gasteiger partial charge in [0.25, 0.3) is 0 Å². The van der Waals surface area contributed by atoms with Gasteiger partial charge in [-0.3, -0.25) is 8.42 Å². The van der Waals surface area contributed by atoms with Crippen LogP contribution in [0.3, 0.4) is 0 Å². The molecular weight excluding hydrogens is 653 g/mol. The van der Waals surface area contributed by atoms with E-state index in [1.807, 2.05) is 0 Å². The zero-order valence-electron chi connectivity index (χ0n) is 34.0. The van der Waals surface area contributed by atoms with Gasteiger partial charge in [-0.2, -0.15) is 0 Å². The third kappa shape index (κ3) is 32.2. The van der Waals surface area contributed by atoms with Crippen molar-refractivity contribution in [1.82, 2.24) is 0 Å². The number of quaternary nitrogens is 2. The standard InChI is InChI=1S/2C16H36N.C8H8O3.H2O4S/c2*1-5-9-13-17(14-10-6-2,15-11-7-3)16-12-8-4;1-11-8(10)6-3-2-4-7(9)5-6;1-5(2,3)4/h2*5-16H2,1-4H3;2-5,9H,1H3;(H2,1,2,3,4)/q2*+1;;/p-2. The van der Waals surface area contributed by atoms with E-state index >= 15 is 0 Å². The van der Waals surface area contributed by atoms with Gasteiger partial charge in [-0.1, -0.05) is 113 Å². The number of hydrogen-bond acceptors (Lipinski definition) is 7. The zero-order valence-corrected chi connectivity index (χ0v) is 34.8. The van der Waals surface area contributed by atoms with Gasteiger partial charge in [0.05, 0.1) is 65.0 Å². The van der Waals surface area contributed by atoms with E-state index in [1.54, 1.807) is 12.1 Å². The minimum Gasteiger partial charge on any atom is -0.759 e. The topological polar surface area (TPSA) is 127 Å². The molecule has 0 atom stereocenters. The van der Waals surface area contributed by atoms with Crippen LogP contribution in [0.25, 0.3) is 0 Å². The fourth-order valence-electron chi connectivity index (χ4n) is 6.04. The summed E-state index contributed by atoms with van der Waals surface area (Å²) in [7, 11) is -3.87. The number of ether oxygens (including phenoxy) is 1. The molecule has 1 aromatic carbocycles. The second-order valence-electron chi connectivity index (χ2n) is 13.8. The molecule has 0 aliphatic rings. The molecule has 0 bridgehead atoms. The molecule has 10 heteroatoms. The number of phenolic OH excluding ortho intramolecular Hbond substituents is 1. The second-order valence-corrected chi connectivity index (χ2v) is 14.6. The maximum atomic E-state index is 10.8. The molecule has 0 aromatic heterocycles. The van der Waals surface area contributed by atoms with E-state index in [4.69, 9.17) is 22.6 Å². The van der Waals surface area contributed by atoms with Crippen LogP contribution in [0.1, 0.15) is 168 Å². The van der Waals surface area contributed by atoms with Crippen LogP contribution in [-0.4, -0.2) is 97.0 Å². The summed E-state index contributed by atoms with van der Waals surface area (Å²) in [6.07, 6.45) is 22.1. The quantitative estimate of drug-likeness (QED) is 0.0459. The van der Waals surface area contributed by atoms with E-state index in [1.165, 1.54) is 183 Å². The molecule has 298 valence electrons. The summed E-state index contributed by atoms with van der Waals surface area (Å²) in [6.45, 7) is 30.0. The Morgan fingerprint density at radius 2 is 0.820 bits per heavy atom. The fourth-order valence-corrected chi connectivity index (χ4v) is 6.04. The normalized spacial score (nSPS) is 11.3. The highest BCUT2D eigenvalue weighted by Gasteiger charge is 2.25. The van der Waals surface area contributed by atoms with E-state index in [9.17, 15) is 4.79 Å². The van der Waals surface area contributed by atoms with Crippen molar-refractivity contribution in [2.75, 3.05) is 59.5 Å². The van der Waals surface area contributed by atoms with E-state index in [-0.39, 0.29) is 5.75 Å². The van der Waals surface area contributed by atoms with E-state index in [0.29, 0.717) is 5.56 Å². The Kier molecular flexibility index (Phi) is 36.2. The summed E-state index contributed by atoms with van der Waals surface area (Å²) in [4.78, 5) is 10.8. The van der Waals surface area contributed by atoms with Crippen LogP contribution in [0.5, 0.6) is 5.75 Å². The van der Waals surface area contributed by atoms with Crippen molar-refractivity contribution in [2.45, 2.75) is 158 Å². The zero-order chi connectivity index (χ0) is 38.7. The van der Waals surface area contributed by atoms with E-state index in [2.05, 4.69) is 60.1 Å². The van der Waals surface area contributed by atoms with Crippen LogP contribution in [0.15, 0.2) is 24.3 Å². The summed E-state index contributed by atoms with van der Waals surface area (Å²) >= 11 is 0. The van der Waals surface area contributed by atoms with Gasteiger partial charge >= 0.3 is 5.97 Å². The van der Waals surface area contributed by atoms with Crippen LogP contribution in [0.4, 0.5) is 0 Å². The van der Waals surface area contributed by atoms with Crippen LogP contribution in [-0.2, 0) is 15.1 Å². The van der Waals surface area contributed by atoms with Crippen molar-refractivity contribution < 1.29 is 41.1 Å². The highest BCUT2D eigenvalue weighted by atomic mass is 32.3. The van der Waals surface area contributed by atoms with Crippen molar-refractivity contribution in [1.29, 1.82) is 0 Å². The minimum absolute atomic E-state index is 0.0629. The number of benzene rings is 1. The lowest BCUT2D eigenvalue weighted by molar-refractivity contribution is -0.929. The summed E-state index contributed by atoms with van der Waals surface area (Å²) in [6, 6.07) is 6.01. The number of nitrogens with zero attached hydrogens (tertiary/aromatic N) is 2. The highest BCUT2D eigenvalue weighted by molar-refractivity contribution is 7.79. The van der Waals surface area contributed by atoms with Gasteiger partial charge in [0.1, 0.15) is 5.75 Å². The molecule has 0 saturated carbocycles. The number of rotatable bonds is 25. The molecule has 0 spiro atoms. The lowest BCUT2D eigenvalue weighted by atomic mass is 10.1. The van der Waals surface area contributed by atoms with Gasteiger partial charge in [0, 0.05) is 10.4 Å². The molecular formula is C40H80N2O7S. The van der Waals surface area contributed by atoms with Crippen molar-refractivity contribution in [2.24, 2.45) is 0 Å². The van der Waals surface area contributed by atoms with E-state index in [0.717, 1.165) is 0 Å². The third-order valence-electron chi connectivity index (χ3n) is 9.16. The Morgan fingerprint density at radius 1 is 0.580 bits per heavy atom. The first-order valence-corrected chi connectivity index (χ1v) is 21.3. The molecule has 9 nitrogen and oxygen atoms in total. The number of hydrogen-bond donors (Lipinski definition) is 1. The molecule has 50 heavy (non-hydrogen) atoms. The lowest BCUT2D eigenvalue weighted by Gasteiger charge is -2.39. The monoisotopic (exact) mass is 733 g/mol. The smallest absolute Gasteiger partial charge is 0.337 e. The van der Waals surface area contributed by atoms with Crippen molar-refractivity contribution >= 4 is 16.4 Å². The summed E-state index contributed by atoms with van der Waals surface area (Å²) in [5, 5.41) is 8.95. The Bertz CT molecular complexity index is 886. The van der Waals surface area contributed by atoms with Crippen LogP contribution in [0, 0.1) is 0 Å². The number of phenols is 1. The van der Waals surface area contributed by atoms with Crippen LogP contribution >= 0.6 is 0 Å². The molecule has 0 aliphatic carbocycles. The Labute approximate surface area is 309 Å². The molecule has 1 aromatic rings. The molecule has 0 radical (unpaired) electrons. The van der Waals surface area contributed by atoms with Crippen molar-refractivity contribution in [3.8, 4) is 5.75 Å². The Hall–Kier alpha value is -1.72. The number of aromatic hydroxyl groups is 1. The molecule has 1 N–H and O–H groups in total. The van der Waals surface area contributed by atoms with Crippen molar-refractivity contribution in [3.05, 3.63) is 29.8 Å². The molecule has 0 saturated heterocycles. The first-order chi connectivity index (χ1) is 23.7. The summed E-state index contributed by atoms with van der Waals surface area (Å²) in [5.41, 5.74) is 0.354. The number of esters is 1. The fraction of sp³-hybridized carbons (Fsp3) is 0.825. The predicted octanol–water partition coefficient (Wildman–Crippen LogP) is 9.85. The average Bonchev–Trinajstić information content (AvgIpc) is 3.10. The Morgan fingerprint density at radius 3 is 1.00 bits per heavy atom. The summed E-state index contributed by atoms with van der Waals surface area (Å²) < 4.78 is 41.4. The highest BCUT2D eigenvalue weighted by Crippen LogP contribution is 2.18. The molecule has 0 heterocycles. The number of carbonyl (C=O) groups excluding carboxylic acids is 1. The van der Waals surface area contributed by atoms with Gasteiger partial charge in [-0.15, -0.1) is 0 Å². The molecule has 0 aliphatic heterocycles. The molecule has 1 rings (SSSR count). The number of unbranched alkanes of at least 4 members (excludes halogenated alkanes) is 8. The van der Waals surface area contributed by atoms with Gasteiger partial charge in [-0.25, -0.2) is 4.79 Å². The Balaban J connectivity index is -0.000000630. The first-order valence-electron chi connectivity index (χ1n) is 20.0. The van der Waals surface area contributed by atoms with Crippen LogP contribution < -0.4 is 0 Å². The largest absolute Gasteiger partial charge is 0.759 e. The van der Waals surface area contributed by atoms with Crippen molar-refractivity contribution in [3.63, 3.8) is 0 Å². The maximum absolute atomic E-state index is 10.8. The lowest BCUT2D eigenvalue weighted by Crippen LogP contribution is -2.50.